The molecular formula is C21H19BrN6O5. The summed E-state index contributed by atoms with van der Waals surface area (Å²) >= 11 is 3.10. The van der Waals surface area contributed by atoms with Crippen molar-refractivity contribution in [3.05, 3.63) is 92.5 Å². The van der Waals surface area contributed by atoms with Gasteiger partial charge in [0.25, 0.3) is 11.6 Å². The van der Waals surface area contributed by atoms with E-state index in [1.165, 1.54) is 30.9 Å². The highest BCUT2D eigenvalue weighted by molar-refractivity contribution is 9.10. The maximum Gasteiger partial charge on any atom is 0.408 e. The Hall–Kier alpha value is -4.06. The highest BCUT2D eigenvalue weighted by Crippen LogP contribution is 2.24. The number of nitro benzene ring substituents is 1. The molecule has 3 rings (SSSR count). The Morgan fingerprint density at radius 1 is 1.27 bits per heavy atom. The van der Waals surface area contributed by atoms with Gasteiger partial charge in [0.2, 0.25) is 0 Å². The third kappa shape index (κ3) is 7.25. The molecule has 0 saturated heterocycles. The van der Waals surface area contributed by atoms with Crippen LogP contribution in [0.3, 0.4) is 0 Å². The third-order valence-corrected chi connectivity index (χ3v) is 5.03. The van der Waals surface area contributed by atoms with Crippen LogP contribution >= 0.6 is 15.9 Å². The van der Waals surface area contributed by atoms with Crippen LogP contribution in [0.5, 0.6) is 0 Å². The molecule has 0 bridgehead atoms. The fourth-order valence-corrected chi connectivity index (χ4v) is 3.12. The second-order valence-corrected chi connectivity index (χ2v) is 7.60. The van der Waals surface area contributed by atoms with Crippen LogP contribution in [-0.2, 0) is 22.6 Å². The van der Waals surface area contributed by atoms with E-state index in [9.17, 15) is 19.7 Å². The lowest BCUT2D eigenvalue weighted by atomic mass is 10.1. The monoisotopic (exact) mass is 514 g/mol. The fraction of sp³-hybridized carbons (Fsp3) is 0.143. The lowest BCUT2D eigenvalue weighted by Gasteiger charge is -2.16. The van der Waals surface area contributed by atoms with Gasteiger partial charge in [-0.3, -0.25) is 14.9 Å². The summed E-state index contributed by atoms with van der Waals surface area (Å²) in [6.45, 7) is 0.0472. The number of amides is 2. The Balaban J connectivity index is 1.62. The number of nitrogens with zero attached hydrogens (tertiary/aromatic N) is 3. The summed E-state index contributed by atoms with van der Waals surface area (Å²) in [5.41, 5.74) is 4.02. The number of ether oxygens (including phenoxy) is 1. The summed E-state index contributed by atoms with van der Waals surface area (Å²) in [5.74, 6) is -0.607. The molecule has 3 N–H and O–H groups in total. The molecule has 0 saturated carbocycles. The van der Waals surface area contributed by atoms with Crippen LogP contribution in [0.2, 0.25) is 0 Å². The van der Waals surface area contributed by atoms with Gasteiger partial charge >= 0.3 is 6.09 Å². The first-order chi connectivity index (χ1) is 15.9. The fourth-order valence-electron chi connectivity index (χ4n) is 2.73. The van der Waals surface area contributed by atoms with E-state index in [0.29, 0.717) is 15.7 Å². The standard InChI is InChI=1S/C21H19BrN6O5/c22-17-7-6-15(8-19(17)28(31)32)10-25-27-20(29)18(9-16-11-23-13-24-16)26-21(30)33-12-14-4-2-1-3-5-14/h1-8,10-11,13,18H,9,12H2,(H,23,24)(H,26,30)(H,27,29)/b25-10-/t18-/m1/s1. The third-order valence-electron chi connectivity index (χ3n) is 4.36. The zero-order valence-electron chi connectivity index (χ0n) is 17.1. The molecule has 0 aliphatic rings. The number of hydrazone groups is 1. The Bertz CT molecular complexity index is 1140. The van der Waals surface area contributed by atoms with Crippen molar-refractivity contribution in [3.63, 3.8) is 0 Å². The Morgan fingerprint density at radius 2 is 2.06 bits per heavy atom. The van der Waals surface area contributed by atoms with Crippen molar-refractivity contribution in [2.75, 3.05) is 0 Å². The van der Waals surface area contributed by atoms with Crippen LogP contribution < -0.4 is 10.7 Å². The predicted octanol–water partition coefficient (Wildman–Crippen LogP) is 3.07. The molecule has 1 heterocycles. The SMILES string of the molecule is O=C(N[C@H](Cc1cnc[nH]1)C(=O)N/N=C\c1ccc(Br)c([N+](=O)[O-])c1)OCc1ccccc1. The molecule has 2 aromatic carbocycles. The minimum Gasteiger partial charge on any atom is -0.445 e. The van der Waals surface area contributed by atoms with Crippen LogP contribution in [0, 0.1) is 10.1 Å². The van der Waals surface area contributed by atoms with E-state index >= 15 is 0 Å². The molecule has 3 aromatic rings. The smallest absolute Gasteiger partial charge is 0.408 e. The van der Waals surface area contributed by atoms with Gasteiger partial charge in [-0.15, -0.1) is 0 Å². The van der Waals surface area contributed by atoms with Gasteiger partial charge in [0.1, 0.15) is 12.6 Å². The van der Waals surface area contributed by atoms with Crippen LogP contribution in [0.4, 0.5) is 10.5 Å². The van der Waals surface area contributed by atoms with Crippen molar-refractivity contribution < 1.29 is 19.2 Å². The number of rotatable bonds is 9. The number of hydrogen-bond donors (Lipinski definition) is 3. The van der Waals surface area contributed by atoms with Crippen molar-refractivity contribution in [2.45, 2.75) is 19.1 Å². The van der Waals surface area contributed by atoms with Gasteiger partial charge in [0, 0.05) is 29.9 Å². The van der Waals surface area contributed by atoms with E-state index in [2.05, 4.69) is 41.7 Å². The van der Waals surface area contributed by atoms with E-state index in [4.69, 9.17) is 4.74 Å². The highest BCUT2D eigenvalue weighted by Gasteiger charge is 2.22. The minimum atomic E-state index is -1.01. The number of imidazole rings is 1. The topological polar surface area (TPSA) is 152 Å². The van der Waals surface area contributed by atoms with Crippen molar-refractivity contribution in [2.24, 2.45) is 5.10 Å². The summed E-state index contributed by atoms with van der Waals surface area (Å²) in [4.78, 5) is 42.2. The van der Waals surface area contributed by atoms with E-state index in [-0.39, 0.29) is 18.7 Å². The summed E-state index contributed by atoms with van der Waals surface area (Å²) in [6.07, 6.45) is 3.59. The second-order valence-electron chi connectivity index (χ2n) is 6.74. The van der Waals surface area contributed by atoms with Gasteiger partial charge in [-0.2, -0.15) is 5.10 Å². The molecule has 1 aromatic heterocycles. The summed E-state index contributed by atoms with van der Waals surface area (Å²) in [5, 5.41) is 17.4. The Labute approximate surface area is 196 Å². The molecule has 2 amide bonds. The largest absolute Gasteiger partial charge is 0.445 e. The number of aromatic amines is 1. The number of hydrogen-bond acceptors (Lipinski definition) is 7. The lowest BCUT2D eigenvalue weighted by molar-refractivity contribution is -0.385. The molecule has 170 valence electrons. The maximum atomic E-state index is 12.7. The van der Waals surface area contributed by atoms with Gasteiger partial charge in [0.05, 0.1) is 21.9 Å². The Morgan fingerprint density at radius 3 is 2.76 bits per heavy atom. The van der Waals surface area contributed by atoms with Crippen molar-refractivity contribution in [1.82, 2.24) is 20.7 Å². The average Bonchev–Trinajstić information content (AvgIpc) is 3.32. The lowest BCUT2D eigenvalue weighted by Crippen LogP contribution is -2.47. The van der Waals surface area contributed by atoms with Gasteiger partial charge in [0.15, 0.2) is 0 Å². The summed E-state index contributed by atoms with van der Waals surface area (Å²) in [6, 6.07) is 12.5. The number of benzene rings is 2. The number of carbonyl (C=O) groups is 2. The molecule has 0 aliphatic heterocycles. The van der Waals surface area contributed by atoms with Gasteiger partial charge in [-0.1, -0.05) is 36.4 Å². The maximum absolute atomic E-state index is 12.7. The summed E-state index contributed by atoms with van der Waals surface area (Å²) < 4.78 is 5.51. The molecule has 0 fully saturated rings. The first-order valence-electron chi connectivity index (χ1n) is 9.63. The second kappa shape index (κ2) is 11.5. The van der Waals surface area contributed by atoms with Crippen LogP contribution in [0.1, 0.15) is 16.8 Å². The van der Waals surface area contributed by atoms with Crippen LogP contribution in [0.15, 0.2) is 70.6 Å². The number of aromatic nitrogens is 2. The minimum absolute atomic E-state index is 0.0472. The Kier molecular flexibility index (Phi) is 8.24. The molecule has 12 heteroatoms. The van der Waals surface area contributed by atoms with E-state index in [1.807, 2.05) is 30.3 Å². The van der Waals surface area contributed by atoms with Crippen LogP contribution in [-0.4, -0.2) is 39.1 Å². The molecule has 33 heavy (non-hydrogen) atoms. The zero-order chi connectivity index (χ0) is 23.6. The highest BCUT2D eigenvalue weighted by atomic mass is 79.9. The van der Waals surface area contributed by atoms with E-state index in [1.54, 1.807) is 6.07 Å². The molecule has 1 atom stereocenters. The normalized spacial score (nSPS) is 11.7. The zero-order valence-corrected chi connectivity index (χ0v) is 18.7. The quantitative estimate of drug-likeness (QED) is 0.226. The van der Waals surface area contributed by atoms with Crippen molar-refractivity contribution in [3.8, 4) is 0 Å². The van der Waals surface area contributed by atoms with E-state index in [0.717, 1.165) is 5.56 Å². The van der Waals surface area contributed by atoms with Gasteiger partial charge < -0.3 is 15.0 Å². The molecule has 0 spiro atoms. The summed E-state index contributed by atoms with van der Waals surface area (Å²) in [7, 11) is 0. The first kappa shape index (κ1) is 23.6. The van der Waals surface area contributed by atoms with E-state index < -0.39 is 23.0 Å². The molecule has 0 unspecified atom stereocenters. The van der Waals surface area contributed by atoms with Crippen molar-refractivity contribution in [1.29, 1.82) is 0 Å². The first-order valence-corrected chi connectivity index (χ1v) is 10.4. The van der Waals surface area contributed by atoms with Gasteiger partial charge in [-0.05, 0) is 27.6 Å². The van der Waals surface area contributed by atoms with Crippen molar-refractivity contribution >= 4 is 39.8 Å². The molecule has 11 nitrogen and oxygen atoms in total. The predicted molar refractivity (Wildman–Crippen MR) is 122 cm³/mol. The number of carbonyl (C=O) groups excluding carboxylic acids is 2. The molecule has 0 radical (unpaired) electrons. The average molecular weight is 515 g/mol. The number of nitro groups is 1. The number of alkyl carbamates (subject to hydrolysis) is 1. The van der Waals surface area contributed by atoms with Crippen LogP contribution in [0.25, 0.3) is 0 Å². The number of H-pyrrole nitrogens is 1. The molecular weight excluding hydrogens is 496 g/mol. The molecule has 0 aliphatic carbocycles. The number of nitrogens with one attached hydrogen (secondary N) is 3. The number of halogens is 1. The van der Waals surface area contributed by atoms with Gasteiger partial charge in [-0.25, -0.2) is 15.2 Å².